The van der Waals surface area contributed by atoms with E-state index in [0.29, 0.717) is 0 Å². The molecular weight excluding hydrogens is 295 g/mol. The first kappa shape index (κ1) is 18.2. The summed E-state index contributed by atoms with van der Waals surface area (Å²) in [5.41, 5.74) is 1.52. The van der Waals surface area contributed by atoms with Crippen LogP contribution < -0.4 is 0 Å². The molecule has 0 fully saturated rings. The average molecular weight is 325 g/mol. The molecule has 0 N–H and O–H groups in total. The van der Waals surface area contributed by atoms with Crippen molar-refractivity contribution in [2.24, 2.45) is 0 Å². The Bertz CT molecular complexity index is 238. The Hall–Kier alpha value is 0.233. The SMILES string of the molecule is CCCCCCCCCCCC[c-]1cccc1.[Zr]. The van der Waals surface area contributed by atoms with Crippen molar-refractivity contribution in [2.45, 2.75) is 77.6 Å². The Balaban J connectivity index is 0.00000289. The minimum Gasteiger partial charge on any atom is -0.213 e. The van der Waals surface area contributed by atoms with E-state index in [9.17, 15) is 0 Å². The predicted molar refractivity (Wildman–Crippen MR) is 77.6 cm³/mol. The monoisotopic (exact) mass is 323 g/mol. The van der Waals surface area contributed by atoms with E-state index < -0.39 is 0 Å². The second kappa shape index (κ2) is 13.7. The summed E-state index contributed by atoms with van der Waals surface area (Å²) < 4.78 is 0. The predicted octanol–water partition coefficient (Wildman–Crippen LogP) is 5.87. The topological polar surface area (TPSA) is 0 Å². The first-order valence-corrected chi connectivity index (χ1v) is 7.64. The molecule has 0 unspecified atom stereocenters. The quantitative estimate of drug-likeness (QED) is 0.353. The van der Waals surface area contributed by atoms with Crippen LogP contribution in [0.15, 0.2) is 24.3 Å². The van der Waals surface area contributed by atoms with Crippen molar-refractivity contribution in [2.75, 3.05) is 0 Å². The van der Waals surface area contributed by atoms with Crippen molar-refractivity contribution < 1.29 is 26.2 Å². The molecule has 0 radical (unpaired) electrons. The molecule has 0 bridgehead atoms. The van der Waals surface area contributed by atoms with Gasteiger partial charge in [0.1, 0.15) is 0 Å². The van der Waals surface area contributed by atoms with Gasteiger partial charge in [-0.25, -0.2) is 12.1 Å². The van der Waals surface area contributed by atoms with Gasteiger partial charge in [-0.2, -0.15) is 17.7 Å². The summed E-state index contributed by atoms with van der Waals surface area (Å²) >= 11 is 0. The maximum absolute atomic E-state index is 2.28. The van der Waals surface area contributed by atoms with Crippen LogP contribution in [0.5, 0.6) is 0 Å². The van der Waals surface area contributed by atoms with E-state index in [1.807, 2.05) is 0 Å². The largest absolute Gasteiger partial charge is 0.213 e. The van der Waals surface area contributed by atoms with Crippen LogP contribution in [-0.4, -0.2) is 0 Å². The van der Waals surface area contributed by atoms with Crippen molar-refractivity contribution in [1.82, 2.24) is 0 Å². The molecule has 0 aliphatic rings. The molecular formula is C17H29Zr-. The number of aryl methyl sites for hydroxylation is 1. The molecule has 18 heavy (non-hydrogen) atoms. The molecule has 0 aliphatic carbocycles. The van der Waals surface area contributed by atoms with Crippen molar-refractivity contribution in [3.8, 4) is 0 Å². The van der Waals surface area contributed by atoms with Crippen molar-refractivity contribution in [3.63, 3.8) is 0 Å². The van der Waals surface area contributed by atoms with Gasteiger partial charge in [0.05, 0.1) is 0 Å². The van der Waals surface area contributed by atoms with E-state index in [1.54, 1.807) is 0 Å². The van der Waals surface area contributed by atoms with Crippen LogP contribution in [0, 0.1) is 0 Å². The first-order chi connectivity index (χ1) is 8.43. The average Bonchev–Trinajstić information content (AvgIpc) is 2.85. The van der Waals surface area contributed by atoms with E-state index >= 15 is 0 Å². The summed E-state index contributed by atoms with van der Waals surface area (Å²) in [6.45, 7) is 2.28. The summed E-state index contributed by atoms with van der Waals surface area (Å²) in [4.78, 5) is 0. The summed E-state index contributed by atoms with van der Waals surface area (Å²) in [7, 11) is 0. The van der Waals surface area contributed by atoms with Gasteiger partial charge in [-0.15, -0.1) is 0 Å². The maximum atomic E-state index is 2.28. The van der Waals surface area contributed by atoms with E-state index in [4.69, 9.17) is 0 Å². The van der Waals surface area contributed by atoms with Crippen LogP contribution >= 0.6 is 0 Å². The molecule has 1 aromatic carbocycles. The van der Waals surface area contributed by atoms with Crippen LogP contribution in [0.2, 0.25) is 0 Å². The molecule has 0 amide bonds. The van der Waals surface area contributed by atoms with Crippen LogP contribution in [0.3, 0.4) is 0 Å². The standard InChI is InChI=1S/C17H29.Zr/c1-2-3-4-5-6-7-8-9-10-11-14-17-15-12-13-16-17;/h12-13,15-16H,2-11,14H2,1H3;/q-1;. The molecule has 102 valence electrons. The molecule has 1 rings (SSSR count). The normalized spacial score (nSPS) is 10.3. The first-order valence-electron chi connectivity index (χ1n) is 7.64. The van der Waals surface area contributed by atoms with Gasteiger partial charge in [-0.05, 0) is 0 Å². The zero-order chi connectivity index (χ0) is 12.2. The summed E-state index contributed by atoms with van der Waals surface area (Å²) in [6, 6.07) is 8.78. The Morgan fingerprint density at radius 3 is 1.61 bits per heavy atom. The molecule has 0 aliphatic heterocycles. The van der Waals surface area contributed by atoms with Gasteiger partial charge in [0.15, 0.2) is 0 Å². The van der Waals surface area contributed by atoms with Crippen LogP contribution in [0.4, 0.5) is 0 Å². The fourth-order valence-electron chi connectivity index (χ4n) is 2.40. The number of unbranched alkanes of at least 4 members (excludes halogenated alkanes) is 9. The van der Waals surface area contributed by atoms with Crippen molar-refractivity contribution >= 4 is 0 Å². The third kappa shape index (κ3) is 10.2. The maximum Gasteiger partial charge on any atom is 0 e. The van der Waals surface area contributed by atoms with Gasteiger partial charge in [0, 0.05) is 26.2 Å². The molecule has 0 saturated carbocycles. The Morgan fingerprint density at radius 1 is 0.667 bits per heavy atom. The summed E-state index contributed by atoms with van der Waals surface area (Å²) in [6.07, 6.45) is 15.6. The molecule has 0 spiro atoms. The van der Waals surface area contributed by atoms with E-state index in [1.165, 1.54) is 76.2 Å². The minimum atomic E-state index is 0. The van der Waals surface area contributed by atoms with Gasteiger partial charge < -0.3 is 0 Å². The molecule has 0 aromatic heterocycles. The van der Waals surface area contributed by atoms with Crippen LogP contribution in [0.1, 0.15) is 76.7 Å². The van der Waals surface area contributed by atoms with Crippen molar-refractivity contribution in [3.05, 3.63) is 29.8 Å². The molecule has 0 nitrogen and oxygen atoms in total. The van der Waals surface area contributed by atoms with Crippen LogP contribution in [0.25, 0.3) is 0 Å². The second-order valence-corrected chi connectivity index (χ2v) is 5.23. The number of hydrogen-bond donors (Lipinski definition) is 0. The number of rotatable bonds is 11. The Morgan fingerprint density at radius 2 is 1.11 bits per heavy atom. The molecule has 1 heteroatoms. The molecule has 1 aromatic rings. The van der Waals surface area contributed by atoms with Gasteiger partial charge in [-0.3, -0.25) is 0 Å². The van der Waals surface area contributed by atoms with E-state index in [-0.39, 0.29) is 26.2 Å². The minimum absolute atomic E-state index is 0. The van der Waals surface area contributed by atoms with E-state index in [0.717, 1.165) is 0 Å². The fraction of sp³-hybridized carbons (Fsp3) is 0.706. The third-order valence-electron chi connectivity index (χ3n) is 3.55. The van der Waals surface area contributed by atoms with Crippen LogP contribution in [-0.2, 0) is 32.6 Å². The number of hydrogen-bond acceptors (Lipinski definition) is 0. The zero-order valence-electron chi connectivity index (χ0n) is 12.1. The smallest absolute Gasteiger partial charge is 0 e. The molecule has 0 saturated heterocycles. The molecule has 0 atom stereocenters. The fourth-order valence-corrected chi connectivity index (χ4v) is 2.40. The third-order valence-corrected chi connectivity index (χ3v) is 3.55. The Labute approximate surface area is 133 Å². The molecule has 0 heterocycles. The van der Waals surface area contributed by atoms with Gasteiger partial charge in [0.25, 0.3) is 0 Å². The summed E-state index contributed by atoms with van der Waals surface area (Å²) in [5.74, 6) is 0. The zero-order valence-corrected chi connectivity index (χ0v) is 14.5. The van der Waals surface area contributed by atoms with Gasteiger partial charge in [-0.1, -0.05) is 77.6 Å². The summed E-state index contributed by atoms with van der Waals surface area (Å²) in [5, 5.41) is 0. The van der Waals surface area contributed by atoms with Crippen molar-refractivity contribution in [1.29, 1.82) is 0 Å². The second-order valence-electron chi connectivity index (χ2n) is 5.23. The van der Waals surface area contributed by atoms with E-state index in [2.05, 4.69) is 31.2 Å². The van der Waals surface area contributed by atoms with Gasteiger partial charge in [0.2, 0.25) is 0 Å². The Kier molecular flexibility index (Phi) is 13.8. The van der Waals surface area contributed by atoms with Gasteiger partial charge >= 0.3 is 0 Å².